The van der Waals surface area contributed by atoms with Gasteiger partial charge in [-0.1, -0.05) is 30.3 Å². The first-order valence-corrected chi connectivity index (χ1v) is 12.7. The molecule has 1 aliphatic heterocycles. The molecule has 5 rings (SSSR count). The summed E-state index contributed by atoms with van der Waals surface area (Å²) in [5, 5.41) is 4.51. The summed E-state index contributed by atoms with van der Waals surface area (Å²) in [6.07, 6.45) is 5.26. The number of hydrogen-bond donors (Lipinski definition) is 0. The first-order valence-electron chi connectivity index (χ1n) is 11.9. The van der Waals surface area contributed by atoms with Crippen molar-refractivity contribution < 1.29 is 9.53 Å². The highest BCUT2D eigenvalue weighted by Gasteiger charge is 2.28. The van der Waals surface area contributed by atoms with Crippen LogP contribution in [0.15, 0.2) is 54.9 Å². The third-order valence-electron chi connectivity index (χ3n) is 6.58. The van der Waals surface area contributed by atoms with Crippen molar-refractivity contribution in [3.05, 3.63) is 81.4 Å². The van der Waals surface area contributed by atoms with Crippen molar-refractivity contribution in [2.75, 3.05) is 20.2 Å². The monoisotopic (exact) mass is 487 g/mol. The largest absolute Gasteiger partial charge is 0.378 e. The lowest BCUT2D eigenvalue weighted by Crippen LogP contribution is -2.38. The lowest BCUT2D eigenvalue weighted by Gasteiger charge is -2.32. The van der Waals surface area contributed by atoms with Crippen molar-refractivity contribution in [1.82, 2.24) is 24.6 Å². The summed E-state index contributed by atoms with van der Waals surface area (Å²) in [6, 6.07) is 14.6. The topological polar surface area (TPSA) is 73.1 Å². The minimum atomic E-state index is -0.0183. The second kappa shape index (κ2) is 10.1. The Bertz CT molecular complexity index is 1320. The minimum Gasteiger partial charge on any atom is -0.378 e. The van der Waals surface area contributed by atoms with Crippen LogP contribution >= 0.6 is 11.3 Å². The number of thiophene rings is 1. The summed E-state index contributed by atoms with van der Waals surface area (Å²) < 4.78 is 7.08. The van der Waals surface area contributed by atoms with E-state index in [1.165, 1.54) is 15.3 Å². The number of aromatic nitrogens is 4. The molecule has 1 aromatic carbocycles. The van der Waals surface area contributed by atoms with Crippen LogP contribution in [0.5, 0.6) is 0 Å². The number of hydrogen-bond acceptors (Lipinski definition) is 6. The van der Waals surface area contributed by atoms with Crippen LogP contribution in [0.2, 0.25) is 0 Å². The lowest BCUT2D eigenvalue weighted by atomic mass is 9.89. The molecule has 0 aliphatic carbocycles. The van der Waals surface area contributed by atoms with Crippen molar-refractivity contribution >= 4 is 17.2 Å². The van der Waals surface area contributed by atoms with E-state index >= 15 is 0 Å². The van der Waals surface area contributed by atoms with Gasteiger partial charge in [0.1, 0.15) is 0 Å². The fourth-order valence-electron chi connectivity index (χ4n) is 4.80. The average molecular weight is 488 g/mol. The quantitative estimate of drug-likeness (QED) is 0.375. The number of aryl methyl sites for hydroxylation is 2. The van der Waals surface area contributed by atoms with Crippen LogP contribution in [0.4, 0.5) is 0 Å². The predicted molar refractivity (Wildman–Crippen MR) is 137 cm³/mol. The van der Waals surface area contributed by atoms with Gasteiger partial charge >= 0.3 is 0 Å². The van der Waals surface area contributed by atoms with Crippen LogP contribution in [0.1, 0.15) is 50.1 Å². The van der Waals surface area contributed by atoms with Gasteiger partial charge in [-0.15, -0.1) is 11.3 Å². The van der Waals surface area contributed by atoms with E-state index in [0.29, 0.717) is 23.1 Å². The van der Waals surface area contributed by atoms with Gasteiger partial charge in [0.2, 0.25) is 0 Å². The average Bonchev–Trinajstić information content (AvgIpc) is 3.46. The van der Waals surface area contributed by atoms with Crippen LogP contribution < -0.4 is 0 Å². The van der Waals surface area contributed by atoms with E-state index in [4.69, 9.17) is 9.72 Å². The standard InChI is InChI=1S/C27H29N5O2S/c1-18-15-22(19(2)35-18)24-9-12-28-27(30-24)32-25(17-34-3)23(16-29-32)26(33)31-13-10-21(11-14-31)20-7-5-4-6-8-20/h4-9,12,15-16,21H,10-11,13-14,17H2,1-3H3. The van der Waals surface area contributed by atoms with Gasteiger partial charge in [0.05, 0.1) is 29.8 Å². The third kappa shape index (κ3) is 4.76. The minimum absolute atomic E-state index is 0.0183. The molecule has 1 amide bonds. The first-order chi connectivity index (χ1) is 17.0. The highest BCUT2D eigenvalue weighted by molar-refractivity contribution is 7.12. The number of nitrogens with zero attached hydrogens (tertiary/aromatic N) is 5. The molecule has 0 bridgehead atoms. The Morgan fingerprint density at radius 2 is 1.91 bits per heavy atom. The molecular formula is C27H29N5O2S. The maximum Gasteiger partial charge on any atom is 0.257 e. The Kier molecular flexibility index (Phi) is 6.74. The molecule has 0 atom stereocenters. The van der Waals surface area contributed by atoms with Gasteiger partial charge in [-0.2, -0.15) is 9.78 Å². The number of carbonyl (C=O) groups excluding carboxylic acids is 1. The van der Waals surface area contributed by atoms with Crippen LogP contribution in [-0.4, -0.2) is 50.8 Å². The molecule has 7 nitrogen and oxygen atoms in total. The fraction of sp³-hybridized carbons (Fsp3) is 0.333. The number of piperidine rings is 1. The zero-order valence-electron chi connectivity index (χ0n) is 20.3. The summed E-state index contributed by atoms with van der Waals surface area (Å²) >= 11 is 1.75. The number of benzene rings is 1. The normalized spacial score (nSPS) is 14.4. The van der Waals surface area contributed by atoms with Gasteiger partial charge < -0.3 is 9.64 Å². The third-order valence-corrected chi connectivity index (χ3v) is 7.55. The van der Waals surface area contributed by atoms with Crippen LogP contribution in [-0.2, 0) is 11.3 Å². The molecule has 1 saturated heterocycles. The molecule has 180 valence electrons. The molecule has 0 radical (unpaired) electrons. The molecule has 0 unspecified atom stereocenters. The van der Waals surface area contributed by atoms with Crippen molar-refractivity contribution in [1.29, 1.82) is 0 Å². The summed E-state index contributed by atoms with van der Waals surface area (Å²) in [6.45, 7) is 5.87. The number of methoxy groups -OCH3 is 1. The molecule has 8 heteroatoms. The van der Waals surface area contributed by atoms with Gasteiger partial charge in [-0.05, 0) is 50.3 Å². The first kappa shape index (κ1) is 23.4. The fourth-order valence-corrected chi connectivity index (χ4v) is 5.73. The van der Waals surface area contributed by atoms with Gasteiger partial charge in [0.25, 0.3) is 11.9 Å². The maximum absolute atomic E-state index is 13.5. The summed E-state index contributed by atoms with van der Waals surface area (Å²) in [4.78, 5) is 27.1. The molecule has 4 aromatic rings. The highest BCUT2D eigenvalue weighted by atomic mass is 32.1. The molecule has 3 aromatic heterocycles. The summed E-state index contributed by atoms with van der Waals surface area (Å²) in [5.41, 5.74) is 4.49. The molecule has 0 N–H and O–H groups in total. The van der Waals surface area contributed by atoms with E-state index < -0.39 is 0 Å². The van der Waals surface area contributed by atoms with Crippen molar-refractivity contribution in [2.45, 2.75) is 39.2 Å². The Balaban J connectivity index is 1.39. The van der Waals surface area contributed by atoms with Gasteiger partial charge in [-0.25, -0.2) is 9.97 Å². The smallest absolute Gasteiger partial charge is 0.257 e. The summed E-state index contributed by atoms with van der Waals surface area (Å²) in [5.74, 6) is 0.900. The van der Waals surface area contributed by atoms with E-state index in [1.54, 1.807) is 35.5 Å². The molecule has 0 spiro atoms. The second-order valence-electron chi connectivity index (χ2n) is 8.90. The zero-order chi connectivity index (χ0) is 24.4. The van der Waals surface area contributed by atoms with Crippen molar-refractivity contribution in [2.24, 2.45) is 0 Å². The number of amides is 1. The van der Waals surface area contributed by atoms with Gasteiger partial charge in [-0.3, -0.25) is 4.79 Å². The number of rotatable bonds is 6. The number of ether oxygens (including phenoxy) is 1. The Labute approximate surface area is 209 Å². The summed E-state index contributed by atoms with van der Waals surface area (Å²) in [7, 11) is 1.62. The van der Waals surface area contributed by atoms with Gasteiger partial charge in [0, 0.05) is 41.7 Å². The molecule has 1 fully saturated rings. The van der Waals surface area contributed by atoms with E-state index in [2.05, 4.69) is 54.3 Å². The van der Waals surface area contributed by atoms with E-state index in [9.17, 15) is 4.79 Å². The number of likely N-dealkylation sites (tertiary alicyclic amines) is 1. The molecular weight excluding hydrogens is 458 g/mol. The molecule has 4 heterocycles. The molecule has 0 saturated carbocycles. The molecule has 1 aliphatic rings. The second-order valence-corrected chi connectivity index (χ2v) is 10.4. The Morgan fingerprint density at radius 3 is 2.60 bits per heavy atom. The number of carbonyl (C=O) groups is 1. The van der Waals surface area contributed by atoms with Crippen LogP contribution in [0.3, 0.4) is 0 Å². The zero-order valence-corrected chi connectivity index (χ0v) is 21.1. The van der Waals surface area contributed by atoms with Crippen LogP contribution in [0.25, 0.3) is 17.2 Å². The highest BCUT2D eigenvalue weighted by Crippen LogP contribution is 2.31. The molecule has 35 heavy (non-hydrogen) atoms. The predicted octanol–water partition coefficient (Wildman–Crippen LogP) is 5.17. The van der Waals surface area contributed by atoms with E-state index in [0.717, 1.165) is 37.2 Å². The van der Waals surface area contributed by atoms with Gasteiger partial charge in [0.15, 0.2) is 0 Å². The lowest BCUT2D eigenvalue weighted by molar-refractivity contribution is 0.0708. The van der Waals surface area contributed by atoms with Crippen molar-refractivity contribution in [3.8, 4) is 17.2 Å². The van der Waals surface area contributed by atoms with E-state index in [1.807, 2.05) is 17.0 Å². The van der Waals surface area contributed by atoms with E-state index in [-0.39, 0.29) is 12.5 Å². The van der Waals surface area contributed by atoms with Crippen LogP contribution in [0, 0.1) is 13.8 Å². The van der Waals surface area contributed by atoms with Crippen molar-refractivity contribution in [3.63, 3.8) is 0 Å². The maximum atomic E-state index is 13.5. The Morgan fingerprint density at radius 1 is 1.14 bits per heavy atom. The Hall–Kier alpha value is -3.36. The SMILES string of the molecule is COCc1c(C(=O)N2CCC(c3ccccc3)CC2)cnn1-c1nccc(-c2cc(C)sc2C)n1.